The first-order valence-corrected chi connectivity index (χ1v) is 8.14. The molecule has 0 amide bonds. The van der Waals surface area contributed by atoms with E-state index in [9.17, 15) is 0 Å². The van der Waals surface area contributed by atoms with Crippen LogP contribution in [0.4, 0.5) is 0 Å². The Hall–Kier alpha value is -1.00. The van der Waals surface area contributed by atoms with Crippen molar-refractivity contribution in [3.05, 3.63) is 33.7 Å². The second-order valence-corrected chi connectivity index (χ2v) is 5.59. The first-order chi connectivity index (χ1) is 8.95. The van der Waals surface area contributed by atoms with Crippen molar-refractivity contribution in [2.24, 2.45) is 0 Å². The molecular formula is C14H18O2S2. The van der Waals surface area contributed by atoms with Gasteiger partial charge in [0, 0.05) is 10.8 Å². The van der Waals surface area contributed by atoms with Gasteiger partial charge in [0.25, 0.3) is 0 Å². The number of hydrogen-bond acceptors (Lipinski definition) is 4. The molecule has 0 saturated heterocycles. The van der Waals surface area contributed by atoms with Crippen molar-refractivity contribution in [1.29, 1.82) is 0 Å². The lowest BCUT2D eigenvalue weighted by molar-refractivity contribution is 0.288. The summed E-state index contributed by atoms with van der Waals surface area (Å²) in [6, 6.07) is 4.03. The molecule has 2 rings (SSSR count). The summed E-state index contributed by atoms with van der Waals surface area (Å²) in [6.07, 6.45) is 4.65. The molecule has 0 radical (unpaired) electrons. The van der Waals surface area contributed by atoms with Gasteiger partial charge in [-0.15, -0.1) is 22.7 Å². The van der Waals surface area contributed by atoms with E-state index >= 15 is 0 Å². The molecule has 18 heavy (non-hydrogen) atoms. The lowest BCUT2D eigenvalue weighted by atomic mass is 10.2. The Labute approximate surface area is 116 Å². The van der Waals surface area contributed by atoms with Gasteiger partial charge in [-0.25, -0.2) is 0 Å². The van der Waals surface area contributed by atoms with E-state index in [0.29, 0.717) is 0 Å². The number of thiophene rings is 2. The monoisotopic (exact) mass is 282 g/mol. The molecule has 0 aromatic carbocycles. The number of unbranched alkanes of at least 4 members (excludes halogenated alkanes) is 3. The summed E-state index contributed by atoms with van der Waals surface area (Å²) in [5, 5.41) is 8.15. The Bertz CT molecular complexity index is 355. The highest BCUT2D eigenvalue weighted by Gasteiger charge is 1.95. The minimum atomic E-state index is 0.822. The fraction of sp³-hybridized carbons (Fsp3) is 0.429. The quantitative estimate of drug-likeness (QED) is 0.613. The van der Waals surface area contributed by atoms with Gasteiger partial charge in [-0.05, 0) is 48.6 Å². The number of rotatable bonds is 9. The molecule has 0 aliphatic heterocycles. The molecule has 0 aliphatic rings. The third kappa shape index (κ3) is 5.10. The molecule has 0 fully saturated rings. The van der Waals surface area contributed by atoms with E-state index in [1.165, 1.54) is 12.8 Å². The largest absolute Gasteiger partial charge is 0.493 e. The van der Waals surface area contributed by atoms with Crippen molar-refractivity contribution in [3.63, 3.8) is 0 Å². The van der Waals surface area contributed by atoms with Crippen LogP contribution in [0.25, 0.3) is 0 Å². The van der Waals surface area contributed by atoms with E-state index in [2.05, 4.69) is 0 Å². The van der Waals surface area contributed by atoms with Crippen LogP contribution in [-0.2, 0) is 0 Å². The highest BCUT2D eigenvalue weighted by Crippen LogP contribution is 2.16. The van der Waals surface area contributed by atoms with Gasteiger partial charge in [-0.2, -0.15) is 0 Å². The van der Waals surface area contributed by atoms with E-state index in [1.807, 2.05) is 33.7 Å². The van der Waals surface area contributed by atoms with Crippen molar-refractivity contribution in [1.82, 2.24) is 0 Å². The number of hydrogen-bond donors (Lipinski definition) is 0. The van der Waals surface area contributed by atoms with E-state index in [0.717, 1.165) is 37.6 Å². The maximum absolute atomic E-state index is 5.59. The van der Waals surface area contributed by atoms with Crippen molar-refractivity contribution in [3.8, 4) is 11.5 Å². The van der Waals surface area contributed by atoms with Gasteiger partial charge in [0.05, 0.1) is 13.2 Å². The Balaban J connectivity index is 1.40. The summed E-state index contributed by atoms with van der Waals surface area (Å²) in [7, 11) is 0. The second-order valence-electron chi connectivity index (χ2n) is 4.03. The first kappa shape index (κ1) is 13.4. The molecule has 2 aromatic rings. The maximum atomic E-state index is 5.59. The molecule has 2 heterocycles. The molecule has 0 spiro atoms. The maximum Gasteiger partial charge on any atom is 0.129 e. The molecule has 2 nitrogen and oxygen atoms in total. The molecule has 2 aromatic heterocycles. The summed E-state index contributed by atoms with van der Waals surface area (Å²) in [4.78, 5) is 0. The predicted octanol–water partition coefficient (Wildman–Crippen LogP) is 4.83. The zero-order chi connectivity index (χ0) is 12.5. The molecule has 0 unspecified atom stereocenters. The van der Waals surface area contributed by atoms with Crippen molar-refractivity contribution < 1.29 is 9.47 Å². The van der Waals surface area contributed by atoms with Gasteiger partial charge in [-0.3, -0.25) is 0 Å². The van der Waals surface area contributed by atoms with Gasteiger partial charge < -0.3 is 9.47 Å². The van der Waals surface area contributed by atoms with Gasteiger partial charge in [0.2, 0.25) is 0 Å². The highest BCUT2D eigenvalue weighted by atomic mass is 32.1. The summed E-state index contributed by atoms with van der Waals surface area (Å²) in [6.45, 7) is 1.64. The van der Waals surface area contributed by atoms with E-state index in [1.54, 1.807) is 22.7 Å². The topological polar surface area (TPSA) is 18.5 Å². The van der Waals surface area contributed by atoms with Crippen molar-refractivity contribution in [2.75, 3.05) is 13.2 Å². The van der Waals surface area contributed by atoms with Gasteiger partial charge >= 0.3 is 0 Å². The average Bonchev–Trinajstić information content (AvgIpc) is 3.05. The lowest BCUT2D eigenvalue weighted by Gasteiger charge is -2.05. The molecule has 0 aliphatic carbocycles. The van der Waals surface area contributed by atoms with Crippen LogP contribution in [0, 0.1) is 0 Å². The lowest BCUT2D eigenvalue weighted by Crippen LogP contribution is -1.98. The van der Waals surface area contributed by atoms with Crippen LogP contribution in [0.15, 0.2) is 33.7 Å². The molecular weight excluding hydrogens is 264 g/mol. The van der Waals surface area contributed by atoms with Crippen LogP contribution in [0.2, 0.25) is 0 Å². The van der Waals surface area contributed by atoms with Gasteiger partial charge in [0.15, 0.2) is 0 Å². The zero-order valence-corrected chi connectivity index (χ0v) is 12.0. The Kier molecular flexibility index (Phi) is 6.09. The first-order valence-electron chi connectivity index (χ1n) is 6.25. The minimum Gasteiger partial charge on any atom is -0.493 e. The van der Waals surface area contributed by atoms with E-state index in [4.69, 9.17) is 9.47 Å². The van der Waals surface area contributed by atoms with Crippen LogP contribution >= 0.6 is 22.7 Å². The van der Waals surface area contributed by atoms with Crippen LogP contribution in [0.5, 0.6) is 11.5 Å². The molecule has 0 saturated carbocycles. The zero-order valence-electron chi connectivity index (χ0n) is 10.3. The van der Waals surface area contributed by atoms with Gasteiger partial charge in [0.1, 0.15) is 11.5 Å². The second kappa shape index (κ2) is 8.16. The average molecular weight is 282 g/mol. The number of ether oxygens (including phenoxy) is 2. The summed E-state index contributed by atoms with van der Waals surface area (Å²) in [5.74, 6) is 2.00. The fourth-order valence-corrected chi connectivity index (χ4v) is 2.75. The Morgan fingerprint density at radius 3 is 1.61 bits per heavy atom. The highest BCUT2D eigenvalue weighted by molar-refractivity contribution is 7.08. The van der Waals surface area contributed by atoms with Crippen LogP contribution < -0.4 is 9.47 Å². The molecule has 98 valence electrons. The SMILES string of the molecule is c1cc(OCCCCCCOc2ccsc2)cs1. The third-order valence-electron chi connectivity index (χ3n) is 2.57. The molecule has 4 heteroatoms. The normalized spacial score (nSPS) is 10.4. The van der Waals surface area contributed by atoms with Crippen LogP contribution in [-0.4, -0.2) is 13.2 Å². The summed E-state index contributed by atoms with van der Waals surface area (Å²) in [5.41, 5.74) is 0. The van der Waals surface area contributed by atoms with Crippen molar-refractivity contribution >= 4 is 22.7 Å². The van der Waals surface area contributed by atoms with Crippen LogP contribution in [0.1, 0.15) is 25.7 Å². The van der Waals surface area contributed by atoms with E-state index in [-0.39, 0.29) is 0 Å². The predicted molar refractivity (Wildman–Crippen MR) is 78.1 cm³/mol. The smallest absolute Gasteiger partial charge is 0.129 e. The minimum absolute atomic E-state index is 0.822. The summed E-state index contributed by atoms with van der Waals surface area (Å²) < 4.78 is 11.2. The Morgan fingerprint density at radius 1 is 0.722 bits per heavy atom. The Morgan fingerprint density at radius 2 is 1.22 bits per heavy atom. The standard InChI is InChI=1S/C14H18O2S2/c1(3-7-15-13-5-9-17-11-13)2-4-8-16-14-6-10-18-12-14/h5-6,9-12H,1-4,7-8H2. The van der Waals surface area contributed by atoms with Crippen molar-refractivity contribution in [2.45, 2.75) is 25.7 Å². The molecule has 0 N–H and O–H groups in total. The summed E-state index contributed by atoms with van der Waals surface area (Å²) >= 11 is 3.34. The van der Waals surface area contributed by atoms with Gasteiger partial charge in [-0.1, -0.05) is 0 Å². The molecule has 0 bridgehead atoms. The third-order valence-corrected chi connectivity index (χ3v) is 3.89. The fourth-order valence-electron chi connectivity index (χ4n) is 1.61. The molecule has 0 atom stereocenters. The van der Waals surface area contributed by atoms with E-state index < -0.39 is 0 Å². The van der Waals surface area contributed by atoms with Crippen LogP contribution in [0.3, 0.4) is 0 Å².